The van der Waals surface area contributed by atoms with Gasteiger partial charge in [0.2, 0.25) is 0 Å². The van der Waals surface area contributed by atoms with Gasteiger partial charge in [-0.05, 0) is 75.1 Å². The topological polar surface area (TPSA) is 67.9 Å². The fraction of sp³-hybridized carbons (Fsp3) is 0.500. The Morgan fingerprint density at radius 1 is 0.941 bits per heavy atom. The van der Waals surface area contributed by atoms with Gasteiger partial charge < -0.3 is 19.7 Å². The minimum Gasteiger partial charge on any atom is -0.449 e. The zero-order valence-electron chi connectivity index (χ0n) is 20.3. The van der Waals surface area contributed by atoms with Gasteiger partial charge in [0, 0.05) is 24.0 Å². The molecule has 6 nitrogen and oxygen atoms in total. The molecule has 2 aliphatic heterocycles. The van der Waals surface area contributed by atoms with Gasteiger partial charge in [-0.1, -0.05) is 48.5 Å². The number of fused-ring (bicyclic) bond motifs is 5. The molecule has 3 aliphatic rings. The molecule has 0 radical (unpaired) electrons. The maximum Gasteiger partial charge on any atom is 0.410 e. The van der Waals surface area contributed by atoms with Gasteiger partial charge in [0.25, 0.3) is 0 Å². The fourth-order valence-corrected chi connectivity index (χ4v) is 5.92. The number of benzene rings is 2. The number of alkyl carbamates (subject to hydrolysis) is 1. The van der Waals surface area contributed by atoms with Crippen LogP contribution in [0.4, 0.5) is 9.59 Å². The normalized spacial score (nSPS) is 23.6. The second-order valence-electron chi connectivity index (χ2n) is 10.8. The van der Waals surface area contributed by atoms with E-state index in [1.54, 1.807) is 0 Å². The second-order valence-corrected chi connectivity index (χ2v) is 10.8. The Bertz CT molecular complexity index is 1020. The second kappa shape index (κ2) is 8.97. The number of amides is 2. The predicted octanol–water partition coefficient (Wildman–Crippen LogP) is 5.85. The highest BCUT2D eigenvalue weighted by molar-refractivity contribution is 5.79. The summed E-state index contributed by atoms with van der Waals surface area (Å²) in [5.41, 5.74) is 4.33. The number of ether oxygens (including phenoxy) is 2. The molecular formula is C28H34N2O4. The number of carbonyl (C=O) groups excluding carboxylic acids is 2. The van der Waals surface area contributed by atoms with Gasteiger partial charge >= 0.3 is 12.2 Å². The van der Waals surface area contributed by atoms with E-state index in [-0.39, 0.29) is 36.2 Å². The molecule has 2 saturated heterocycles. The molecule has 1 N–H and O–H groups in total. The standard InChI is InChI=1S/C28H34N2O4/c1-28(2,3)34-27(32)30-19-9-8-10-20(30)16-18(15-19)29-26(31)33-17-25-23-13-6-4-11-21(23)22-12-5-7-14-24(22)25/h4-7,11-14,18-20,25H,8-10,15-17H2,1-3H3,(H,29,31). The first-order valence-electron chi connectivity index (χ1n) is 12.4. The van der Waals surface area contributed by atoms with E-state index in [1.165, 1.54) is 22.3 Å². The van der Waals surface area contributed by atoms with Crippen LogP contribution in [0, 0.1) is 0 Å². The van der Waals surface area contributed by atoms with Gasteiger partial charge in [-0.3, -0.25) is 0 Å². The van der Waals surface area contributed by atoms with Crippen LogP contribution in [0.15, 0.2) is 48.5 Å². The summed E-state index contributed by atoms with van der Waals surface area (Å²) in [6, 6.07) is 16.9. The van der Waals surface area contributed by atoms with E-state index < -0.39 is 5.60 Å². The highest BCUT2D eigenvalue weighted by Gasteiger charge is 2.43. The van der Waals surface area contributed by atoms with Crippen molar-refractivity contribution >= 4 is 12.2 Å². The molecule has 1 aliphatic carbocycles. The average Bonchev–Trinajstić information content (AvgIpc) is 3.10. The van der Waals surface area contributed by atoms with E-state index in [4.69, 9.17) is 9.47 Å². The van der Waals surface area contributed by atoms with Gasteiger partial charge in [0.05, 0.1) is 0 Å². The molecule has 0 aromatic heterocycles. The lowest BCUT2D eigenvalue weighted by Gasteiger charge is -2.48. The summed E-state index contributed by atoms with van der Waals surface area (Å²) in [6.07, 6.45) is 3.85. The van der Waals surface area contributed by atoms with E-state index >= 15 is 0 Å². The Labute approximate surface area is 201 Å². The smallest absolute Gasteiger partial charge is 0.410 e. The first-order valence-corrected chi connectivity index (χ1v) is 12.4. The van der Waals surface area contributed by atoms with Crippen molar-refractivity contribution in [3.05, 3.63) is 59.7 Å². The SMILES string of the molecule is CC(C)(C)OC(=O)N1C2CCCC1CC(NC(=O)OCC1c3ccccc3-c3ccccc31)C2. The van der Waals surface area contributed by atoms with Crippen LogP contribution in [0.5, 0.6) is 0 Å². The molecular weight excluding hydrogens is 428 g/mol. The van der Waals surface area contributed by atoms with Crippen LogP contribution in [0.25, 0.3) is 11.1 Å². The van der Waals surface area contributed by atoms with Crippen molar-refractivity contribution in [3.63, 3.8) is 0 Å². The van der Waals surface area contributed by atoms with Gasteiger partial charge in [-0.2, -0.15) is 0 Å². The lowest BCUT2D eigenvalue weighted by atomic mass is 9.82. The lowest BCUT2D eigenvalue weighted by Crippen LogP contribution is -2.59. The van der Waals surface area contributed by atoms with Crippen LogP contribution in [0.1, 0.15) is 69.9 Å². The number of rotatable bonds is 3. The van der Waals surface area contributed by atoms with Crippen molar-refractivity contribution in [1.29, 1.82) is 0 Å². The minimum absolute atomic E-state index is 0.00429. The molecule has 2 bridgehead atoms. The molecule has 2 amide bonds. The molecule has 2 aromatic carbocycles. The van der Waals surface area contributed by atoms with Crippen molar-refractivity contribution < 1.29 is 19.1 Å². The summed E-state index contributed by atoms with van der Waals surface area (Å²) in [5.74, 6) is 0.0477. The summed E-state index contributed by atoms with van der Waals surface area (Å²) < 4.78 is 11.4. The van der Waals surface area contributed by atoms with E-state index in [0.717, 1.165) is 32.1 Å². The van der Waals surface area contributed by atoms with Crippen LogP contribution in [0.2, 0.25) is 0 Å². The minimum atomic E-state index is -0.512. The zero-order valence-corrected chi connectivity index (χ0v) is 20.3. The number of hydrogen-bond acceptors (Lipinski definition) is 4. The van der Waals surface area contributed by atoms with E-state index in [1.807, 2.05) is 49.9 Å². The molecule has 2 unspecified atom stereocenters. The average molecular weight is 463 g/mol. The molecule has 2 aromatic rings. The Morgan fingerprint density at radius 2 is 1.50 bits per heavy atom. The summed E-state index contributed by atoms with van der Waals surface area (Å²) in [6.45, 7) is 5.99. The number of hydrogen-bond donors (Lipinski definition) is 1. The van der Waals surface area contributed by atoms with Crippen molar-refractivity contribution in [2.24, 2.45) is 0 Å². The Balaban J connectivity index is 1.20. The summed E-state index contributed by atoms with van der Waals surface area (Å²) in [5, 5.41) is 3.09. The Hall–Kier alpha value is -3.02. The third-order valence-corrected chi connectivity index (χ3v) is 7.24. The molecule has 34 heavy (non-hydrogen) atoms. The predicted molar refractivity (Wildman–Crippen MR) is 131 cm³/mol. The molecule has 5 rings (SSSR count). The maximum absolute atomic E-state index is 12.8. The summed E-state index contributed by atoms with van der Waals surface area (Å²) in [7, 11) is 0. The molecule has 0 saturated carbocycles. The summed E-state index contributed by atoms with van der Waals surface area (Å²) in [4.78, 5) is 27.5. The summed E-state index contributed by atoms with van der Waals surface area (Å²) >= 11 is 0. The van der Waals surface area contributed by atoms with Gasteiger partial charge in [-0.15, -0.1) is 0 Å². The number of nitrogens with one attached hydrogen (secondary N) is 1. The number of nitrogens with zero attached hydrogens (tertiary/aromatic N) is 1. The first-order chi connectivity index (χ1) is 16.3. The Morgan fingerprint density at radius 3 is 2.06 bits per heavy atom. The molecule has 0 spiro atoms. The monoisotopic (exact) mass is 462 g/mol. The molecule has 2 fully saturated rings. The van der Waals surface area contributed by atoms with Crippen LogP contribution in [0.3, 0.4) is 0 Å². The van der Waals surface area contributed by atoms with Crippen LogP contribution in [-0.2, 0) is 9.47 Å². The molecule has 180 valence electrons. The number of piperidine rings is 2. The molecule has 6 heteroatoms. The van der Waals surface area contributed by atoms with Crippen molar-refractivity contribution in [2.75, 3.05) is 6.61 Å². The van der Waals surface area contributed by atoms with Crippen molar-refractivity contribution in [1.82, 2.24) is 10.2 Å². The van der Waals surface area contributed by atoms with Gasteiger partial charge in [0.1, 0.15) is 12.2 Å². The van der Waals surface area contributed by atoms with Gasteiger partial charge in [-0.25, -0.2) is 9.59 Å². The maximum atomic E-state index is 12.8. The number of carbonyl (C=O) groups is 2. The van der Waals surface area contributed by atoms with Crippen molar-refractivity contribution in [2.45, 2.75) is 82.5 Å². The third-order valence-electron chi connectivity index (χ3n) is 7.24. The molecule has 2 atom stereocenters. The largest absolute Gasteiger partial charge is 0.449 e. The molecule has 2 heterocycles. The lowest BCUT2D eigenvalue weighted by molar-refractivity contribution is -0.0232. The highest BCUT2D eigenvalue weighted by Crippen LogP contribution is 2.44. The zero-order chi connectivity index (χ0) is 23.9. The Kier molecular flexibility index (Phi) is 6.00. The van der Waals surface area contributed by atoms with E-state index in [2.05, 4.69) is 29.6 Å². The highest BCUT2D eigenvalue weighted by atomic mass is 16.6. The third kappa shape index (κ3) is 4.50. The van der Waals surface area contributed by atoms with Crippen LogP contribution < -0.4 is 5.32 Å². The quantitative estimate of drug-likeness (QED) is 0.622. The van der Waals surface area contributed by atoms with Gasteiger partial charge in [0.15, 0.2) is 0 Å². The van der Waals surface area contributed by atoms with Crippen LogP contribution >= 0.6 is 0 Å². The van der Waals surface area contributed by atoms with Crippen LogP contribution in [-0.4, -0.2) is 47.4 Å². The fourth-order valence-electron chi connectivity index (χ4n) is 5.92. The first kappa shape index (κ1) is 22.8. The van der Waals surface area contributed by atoms with Crippen molar-refractivity contribution in [3.8, 4) is 11.1 Å². The van der Waals surface area contributed by atoms with E-state index in [9.17, 15) is 9.59 Å². The van der Waals surface area contributed by atoms with E-state index in [0.29, 0.717) is 6.61 Å².